The highest BCUT2D eigenvalue weighted by Gasteiger charge is 2.33. The zero-order valence-corrected chi connectivity index (χ0v) is 18.2. The SMILES string of the molecule is O=C(c1ccc2c(c1)N(S(=O)(=O)c1ccc(C(F)(F)F)cc1)CCS2)N1CCCCC1. The summed E-state index contributed by atoms with van der Waals surface area (Å²) in [6, 6.07) is 8.51. The predicted molar refractivity (Wildman–Crippen MR) is 113 cm³/mol. The van der Waals surface area contributed by atoms with E-state index in [9.17, 15) is 26.4 Å². The molecule has 1 fully saturated rings. The van der Waals surface area contributed by atoms with Crippen molar-refractivity contribution < 1.29 is 26.4 Å². The largest absolute Gasteiger partial charge is 0.416 e. The standard InChI is InChI=1S/C21H21F3N2O3S2/c22-21(23,24)16-5-7-17(8-6-16)31(28,29)26-12-13-30-19-9-4-15(14-18(19)26)20(27)25-10-2-1-3-11-25/h4-9,14H,1-3,10-13H2. The number of hydrogen-bond donors (Lipinski definition) is 0. The van der Waals surface area contributed by atoms with Crippen LogP contribution >= 0.6 is 11.8 Å². The number of amides is 1. The number of benzene rings is 2. The summed E-state index contributed by atoms with van der Waals surface area (Å²) in [6.07, 6.45) is -1.56. The van der Waals surface area contributed by atoms with E-state index < -0.39 is 21.8 Å². The van der Waals surface area contributed by atoms with Crippen LogP contribution in [0.25, 0.3) is 0 Å². The number of halogens is 3. The van der Waals surface area contributed by atoms with E-state index in [1.54, 1.807) is 23.1 Å². The Balaban J connectivity index is 1.67. The van der Waals surface area contributed by atoms with Crippen LogP contribution in [0.2, 0.25) is 0 Å². The number of hydrogen-bond acceptors (Lipinski definition) is 4. The molecule has 0 atom stereocenters. The highest BCUT2D eigenvalue weighted by Crippen LogP contribution is 2.39. The maximum Gasteiger partial charge on any atom is 0.416 e. The quantitative estimate of drug-likeness (QED) is 0.656. The van der Waals surface area contributed by atoms with Crippen molar-refractivity contribution in [2.24, 2.45) is 0 Å². The molecule has 0 bridgehead atoms. The van der Waals surface area contributed by atoms with Gasteiger partial charge in [0, 0.05) is 35.8 Å². The monoisotopic (exact) mass is 470 g/mol. The van der Waals surface area contributed by atoms with Crippen LogP contribution in [-0.4, -0.2) is 44.6 Å². The van der Waals surface area contributed by atoms with E-state index in [1.165, 1.54) is 16.1 Å². The molecular formula is C21H21F3N2O3S2. The molecule has 2 aromatic rings. The van der Waals surface area contributed by atoms with Gasteiger partial charge in [-0.15, -0.1) is 11.8 Å². The van der Waals surface area contributed by atoms with Crippen molar-refractivity contribution in [3.8, 4) is 0 Å². The number of fused-ring (bicyclic) bond motifs is 1. The summed E-state index contributed by atoms with van der Waals surface area (Å²) in [4.78, 5) is 15.2. The van der Waals surface area contributed by atoms with Gasteiger partial charge in [0.15, 0.2) is 0 Å². The molecule has 4 rings (SSSR count). The van der Waals surface area contributed by atoms with Crippen molar-refractivity contribution in [3.05, 3.63) is 53.6 Å². The molecule has 2 aromatic carbocycles. The second-order valence-corrected chi connectivity index (χ2v) is 10.5. The van der Waals surface area contributed by atoms with Crippen LogP contribution in [0.15, 0.2) is 52.3 Å². The lowest BCUT2D eigenvalue weighted by atomic mass is 10.1. The van der Waals surface area contributed by atoms with Crippen molar-refractivity contribution in [3.63, 3.8) is 0 Å². The number of alkyl halides is 3. The van der Waals surface area contributed by atoms with Gasteiger partial charge in [0.2, 0.25) is 0 Å². The van der Waals surface area contributed by atoms with Gasteiger partial charge in [-0.1, -0.05) is 0 Å². The van der Waals surface area contributed by atoms with Crippen molar-refractivity contribution >= 4 is 33.4 Å². The van der Waals surface area contributed by atoms with Crippen LogP contribution in [0.5, 0.6) is 0 Å². The molecule has 5 nitrogen and oxygen atoms in total. The van der Waals surface area contributed by atoms with E-state index >= 15 is 0 Å². The van der Waals surface area contributed by atoms with E-state index in [0.717, 1.165) is 48.4 Å². The minimum Gasteiger partial charge on any atom is -0.339 e. The molecule has 2 aliphatic rings. The molecule has 1 amide bonds. The summed E-state index contributed by atoms with van der Waals surface area (Å²) in [5.74, 6) is 0.372. The summed E-state index contributed by atoms with van der Waals surface area (Å²) < 4.78 is 66.2. The first-order valence-electron chi connectivity index (χ1n) is 9.94. The van der Waals surface area contributed by atoms with E-state index in [2.05, 4.69) is 0 Å². The minimum absolute atomic E-state index is 0.134. The average Bonchev–Trinajstić information content (AvgIpc) is 2.78. The number of anilines is 1. The molecule has 0 aliphatic carbocycles. The van der Waals surface area contributed by atoms with E-state index in [0.29, 0.717) is 30.1 Å². The van der Waals surface area contributed by atoms with Gasteiger partial charge in [0.1, 0.15) is 0 Å². The number of carbonyl (C=O) groups is 1. The molecule has 0 radical (unpaired) electrons. The molecule has 0 unspecified atom stereocenters. The zero-order chi connectivity index (χ0) is 22.2. The molecule has 2 aliphatic heterocycles. The Labute approximate surface area is 183 Å². The van der Waals surface area contributed by atoms with Gasteiger partial charge >= 0.3 is 6.18 Å². The Morgan fingerprint density at radius 3 is 2.26 bits per heavy atom. The molecular weight excluding hydrogens is 449 g/mol. The minimum atomic E-state index is -4.54. The molecule has 166 valence electrons. The van der Waals surface area contributed by atoms with Gasteiger partial charge in [-0.3, -0.25) is 9.10 Å². The second-order valence-electron chi connectivity index (χ2n) is 7.48. The molecule has 0 aromatic heterocycles. The molecule has 31 heavy (non-hydrogen) atoms. The van der Waals surface area contributed by atoms with Crippen molar-refractivity contribution in [2.75, 3.05) is 29.7 Å². The Morgan fingerprint density at radius 2 is 1.61 bits per heavy atom. The fourth-order valence-electron chi connectivity index (χ4n) is 3.80. The Kier molecular flexibility index (Phi) is 5.95. The number of carbonyl (C=O) groups excluding carboxylic acids is 1. The molecule has 0 saturated carbocycles. The van der Waals surface area contributed by atoms with Crippen LogP contribution in [0, 0.1) is 0 Å². The number of rotatable bonds is 3. The number of likely N-dealkylation sites (tertiary alicyclic amines) is 1. The van der Waals surface area contributed by atoms with Gasteiger partial charge < -0.3 is 4.90 Å². The third-order valence-corrected chi connectivity index (χ3v) is 8.31. The van der Waals surface area contributed by atoms with Gasteiger partial charge in [-0.2, -0.15) is 13.2 Å². The maximum absolute atomic E-state index is 13.2. The number of thioether (sulfide) groups is 1. The highest BCUT2D eigenvalue weighted by molar-refractivity contribution is 8.00. The topological polar surface area (TPSA) is 57.7 Å². The third kappa shape index (κ3) is 4.41. The van der Waals surface area contributed by atoms with Gasteiger partial charge in [-0.25, -0.2) is 8.42 Å². The van der Waals surface area contributed by atoms with Gasteiger partial charge in [0.25, 0.3) is 15.9 Å². The summed E-state index contributed by atoms with van der Waals surface area (Å²) >= 11 is 1.49. The van der Waals surface area contributed by atoms with Crippen LogP contribution < -0.4 is 4.31 Å². The smallest absolute Gasteiger partial charge is 0.339 e. The molecule has 0 N–H and O–H groups in total. The Bertz CT molecular complexity index is 1080. The fourth-order valence-corrected chi connectivity index (χ4v) is 6.42. The normalized spacial score (nSPS) is 17.4. The van der Waals surface area contributed by atoms with Gasteiger partial charge in [-0.05, 0) is 61.7 Å². The maximum atomic E-state index is 13.2. The lowest BCUT2D eigenvalue weighted by Gasteiger charge is -2.31. The number of piperidine rings is 1. The van der Waals surface area contributed by atoms with Crippen molar-refractivity contribution in [1.82, 2.24) is 4.90 Å². The lowest BCUT2D eigenvalue weighted by molar-refractivity contribution is -0.137. The average molecular weight is 471 g/mol. The summed E-state index contributed by atoms with van der Waals surface area (Å²) in [5.41, 5.74) is -0.106. The summed E-state index contributed by atoms with van der Waals surface area (Å²) in [5, 5.41) is 0. The first kappa shape index (κ1) is 22.0. The van der Waals surface area contributed by atoms with Crippen molar-refractivity contribution in [2.45, 2.75) is 35.2 Å². The summed E-state index contributed by atoms with van der Waals surface area (Å²) in [7, 11) is -4.08. The third-order valence-electron chi connectivity index (χ3n) is 5.44. The van der Waals surface area contributed by atoms with Crippen LogP contribution in [0.1, 0.15) is 35.2 Å². The van der Waals surface area contributed by atoms with E-state index in [1.807, 2.05) is 0 Å². The first-order chi connectivity index (χ1) is 14.7. The number of sulfonamides is 1. The summed E-state index contributed by atoms with van der Waals surface area (Å²) in [6.45, 7) is 1.53. The molecule has 0 spiro atoms. The van der Waals surface area contributed by atoms with Crippen molar-refractivity contribution in [1.29, 1.82) is 0 Å². The van der Waals surface area contributed by atoms with Crippen LogP contribution in [0.3, 0.4) is 0 Å². The highest BCUT2D eigenvalue weighted by atomic mass is 32.2. The first-order valence-corrected chi connectivity index (χ1v) is 12.4. The number of nitrogens with zero attached hydrogens (tertiary/aromatic N) is 2. The lowest BCUT2D eigenvalue weighted by Crippen LogP contribution is -2.37. The Hall–Kier alpha value is -2.20. The predicted octanol–water partition coefficient (Wildman–Crippen LogP) is 4.63. The second kappa shape index (κ2) is 8.38. The van der Waals surface area contributed by atoms with E-state index in [4.69, 9.17) is 0 Å². The van der Waals surface area contributed by atoms with Crippen LogP contribution in [-0.2, 0) is 16.2 Å². The van der Waals surface area contributed by atoms with Crippen LogP contribution in [0.4, 0.5) is 18.9 Å². The zero-order valence-electron chi connectivity index (χ0n) is 16.6. The molecule has 1 saturated heterocycles. The van der Waals surface area contributed by atoms with E-state index in [-0.39, 0.29) is 17.3 Å². The fraction of sp³-hybridized carbons (Fsp3) is 0.381. The molecule has 2 heterocycles. The van der Waals surface area contributed by atoms with Gasteiger partial charge in [0.05, 0.1) is 16.1 Å². The molecule has 10 heteroatoms. The Morgan fingerprint density at radius 1 is 0.935 bits per heavy atom.